The summed E-state index contributed by atoms with van der Waals surface area (Å²) in [6.07, 6.45) is 4.07. The van der Waals surface area contributed by atoms with Gasteiger partial charge in [-0.3, -0.25) is 4.79 Å². The summed E-state index contributed by atoms with van der Waals surface area (Å²) in [5, 5.41) is 0. The third kappa shape index (κ3) is 2.33. The Morgan fingerprint density at radius 2 is 2.04 bits per heavy atom. The van der Waals surface area contributed by atoms with Crippen molar-refractivity contribution in [2.75, 3.05) is 14.2 Å². The predicted octanol–water partition coefficient (Wildman–Crippen LogP) is 2.75. The number of carbonyl (C=O) groups excluding carboxylic acids is 1. The van der Waals surface area contributed by atoms with Gasteiger partial charge in [-0.15, -0.1) is 0 Å². The van der Waals surface area contributed by atoms with E-state index in [0.717, 1.165) is 29.7 Å². The van der Waals surface area contributed by atoms with Crippen molar-refractivity contribution in [1.29, 1.82) is 0 Å². The number of nitrogens with zero attached hydrogens (tertiary/aromatic N) is 2. The van der Waals surface area contributed by atoms with Crippen LogP contribution < -0.4 is 4.74 Å². The molecule has 1 heterocycles. The Hall–Kier alpha value is -1.91. The van der Waals surface area contributed by atoms with Gasteiger partial charge in [0.15, 0.2) is 5.78 Å². The van der Waals surface area contributed by atoms with Crippen molar-refractivity contribution in [2.24, 2.45) is 11.8 Å². The number of ketones is 1. The molecule has 5 heteroatoms. The fourth-order valence-corrected chi connectivity index (χ4v) is 4.45. The van der Waals surface area contributed by atoms with E-state index in [1.54, 1.807) is 20.5 Å². The fraction of sp³-hybridized carbons (Fsp3) is 0.611. The van der Waals surface area contributed by atoms with Crippen LogP contribution in [0, 0.1) is 18.8 Å². The van der Waals surface area contributed by atoms with E-state index in [9.17, 15) is 4.79 Å². The number of hydrogen-bond donors (Lipinski definition) is 0. The van der Waals surface area contributed by atoms with E-state index in [4.69, 9.17) is 14.5 Å². The van der Waals surface area contributed by atoms with Gasteiger partial charge in [0.2, 0.25) is 5.88 Å². The summed E-state index contributed by atoms with van der Waals surface area (Å²) >= 11 is 0. The van der Waals surface area contributed by atoms with E-state index in [0.29, 0.717) is 18.1 Å². The molecule has 0 amide bonds. The molecule has 3 rings (SSSR count). The third-order valence-electron chi connectivity index (χ3n) is 5.49. The summed E-state index contributed by atoms with van der Waals surface area (Å²) in [7, 11) is 3.24. The number of fused-ring (bicyclic) bond motifs is 3. The van der Waals surface area contributed by atoms with Crippen molar-refractivity contribution in [3.63, 3.8) is 0 Å². The quantitative estimate of drug-likeness (QED) is 0.620. The molecule has 0 N–H and O–H groups in total. The lowest BCUT2D eigenvalue weighted by molar-refractivity contribution is -0.124. The van der Waals surface area contributed by atoms with Gasteiger partial charge in [0.1, 0.15) is 5.82 Å². The second-order valence-electron chi connectivity index (χ2n) is 6.88. The summed E-state index contributed by atoms with van der Waals surface area (Å²) in [6.45, 7) is 6.14. The van der Waals surface area contributed by atoms with Crippen LogP contribution in [0.3, 0.4) is 0 Å². The number of carbonyl (C=O) groups is 1. The number of aromatic nitrogens is 2. The van der Waals surface area contributed by atoms with Crippen LogP contribution in [-0.2, 0) is 21.4 Å². The minimum atomic E-state index is -0.188. The standard InChI is InChI=1S/C18H24N2O3/c1-10-14-7-6-13-16(19-11(2)20-17(13)23-5)18(14,3)8-12(9-22-4)15(10)21/h9-10,14H,6-8H2,1-5H3/b12-9-/t10-,14-,18-/m0/s1. The highest BCUT2D eigenvalue weighted by molar-refractivity contribution is 5.98. The maximum atomic E-state index is 12.6. The van der Waals surface area contributed by atoms with Crippen LogP contribution in [0.4, 0.5) is 0 Å². The minimum Gasteiger partial charge on any atom is -0.504 e. The average Bonchev–Trinajstić information content (AvgIpc) is 2.52. The van der Waals surface area contributed by atoms with E-state index >= 15 is 0 Å². The van der Waals surface area contributed by atoms with Gasteiger partial charge in [0.25, 0.3) is 0 Å². The van der Waals surface area contributed by atoms with Gasteiger partial charge in [-0.25, -0.2) is 4.98 Å². The molecule has 1 aromatic heterocycles. The summed E-state index contributed by atoms with van der Waals surface area (Å²) in [6, 6.07) is 0. The molecular weight excluding hydrogens is 292 g/mol. The third-order valence-corrected chi connectivity index (χ3v) is 5.49. The van der Waals surface area contributed by atoms with E-state index in [1.165, 1.54) is 0 Å². The summed E-state index contributed by atoms with van der Waals surface area (Å²) in [4.78, 5) is 21.8. The molecule has 0 saturated heterocycles. The Morgan fingerprint density at radius 3 is 2.70 bits per heavy atom. The lowest BCUT2D eigenvalue weighted by Gasteiger charge is -2.48. The molecule has 0 unspecified atom stereocenters. The normalized spacial score (nSPS) is 31.5. The molecule has 3 atom stereocenters. The summed E-state index contributed by atoms with van der Waals surface area (Å²) < 4.78 is 10.6. The largest absolute Gasteiger partial charge is 0.504 e. The molecule has 2 aliphatic rings. The van der Waals surface area contributed by atoms with Gasteiger partial charge < -0.3 is 9.47 Å². The van der Waals surface area contributed by atoms with Crippen LogP contribution >= 0.6 is 0 Å². The lowest BCUT2D eigenvalue weighted by Crippen LogP contribution is -2.48. The van der Waals surface area contributed by atoms with Crippen LogP contribution in [0.15, 0.2) is 11.8 Å². The first-order chi connectivity index (χ1) is 10.9. The predicted molar refractivity (Wildman–Crippen MR) is 86.4 cm³/mol. The van der Waals surface area contributed by atoms with Gasteiger partial charge in [-0.2, -0.15) is 4.98 Å². The molecule has 124 valence electrons. The molecule has 1 aromatic rings. The summed E-state index contributed by atoms with van der Waals surface area (Å²) in [5.74, 6) is 1.86. The van der Waals surface area contributed by atoms with Crippen LogP contribution in [0.25, 0.3) is 0 Å². The zero-order valence-electron chi connectivity index (χ0n) is 14.5. The zero-order chi connectivity index (χ0) is 16.8. The maximum Gasteiger partial charge on any atom is 0.219 e. The Labute approximate surface area is 137 Å². The second-order valence-corrected chi connectivity index (χ2v) is 6.88. The van der Waals surface area contributed by atoms with E-state index in [1.807, 2.05) is 13.8 Å². The fourth-order valence-electron chi connectivity index (χ4n) is 4.45. The Balaban J connectivity index is 2.17. The maximum absolute atomic E-state index is 12.6. The highest BCUT2D eigenvalue weighted by Crippen LogP contribution is 2.52. The average molecular weight is 316 g/mol. The molecule has 23 heavy (non-hydrogen) atoms. The first-order valence-corrected chi connectivity index (χ1v) is 8.10. The molecule has 0 bridgehead atoms. The van der Waals surface area contributed by atoms with Crippen LogP contribution in [0.5, 0.6) is 5.88 Å². The van der Waals surface area contributed by atoms with Crippen LogP contribution in [-0.4, -0.2) is 30.0 Å². The number of aryl methyl sites for hydroxylation is 1. The number of ether oxygens (including phenoxy) is 2. The monoisotopic (exact) mass is 316 g/mol. The first kappa shape index (κ1) is 16.0. The van der Waals surface area contributed by atoms with Gasteiger partial charge in [-0.05, 0) is 32.1 Å². The Bertz CT molecular complexity index is 683. The molecule has 5 nitrogen and oxygen atoms in total. The number of allylic oxidation sites excluding steroid dienone is 1. The van der Waals surface area contributed by atoms with Gasteiger partial charge in [-0.1, -0.05) is 13.8 Å². The Kier molecular flexibility index (Phi) is 3.90. The van der Waals surface area contributed by atoms with Crippen molar-refractivity contribution in [2.45, 2.75) is 45.4 Å². The SMILES string of the molecule is CO/C=C1/C[C@]2(C)c3nc(C)nc(OC)c3CC[C@H]2[C@H](C)C1=O. The molecule has 0 radical (unpaired) electrons. The number of Topliss-reactive ketones (excluding diaryl/α,β-unsaturated/α-hetero) is 1. The highest BCUT2D eigenvalue weighted by Gasteiger charge is 2.51. The topological polar surface area (TPSA) is 61.3 Å². The Morgan fingerprint density at radius 1 is 1.30 bits per heavy atom. The highest BCUT2D eigenvalue weighted by atomic mass is 16.5. The van der Waals surface area contributed by atoms with Gasteiger partial charge in [0.05, 0.1) is 26.2 Å². The smallest absolute Gasteiger partial charge is 0.219 e. The first-order valence-electron chi connectivity index (χ1n) is 8.10. The van der Waals surface area contributed by atoms with E-state index < -0.39 is 0 Å². The van der Waals surface area contributed by atoms with Crippen molar-refractivity contribution in [3.8, 4) is 5.88 Å². The molecule has 1 saturated carbocycles. The molecular formula is C18H24N2O3. The second kappa shape index (κ2) is 5.62. The zero-order valence-corrected chi connectivity index (χ0v) is 14.5. The number of rotatable bonds is 2. The van der Waals surface area contributed by atoms with Crippen LogP contribution in [0.2, 0.25) is 0 Å². The van der Waals surface area contributed by atoms with E-state index in [-0.39, 0.29) is 23.0 Å². The molecule has 0 aromatic carbocycles. The molecule has 2 aliphatic carbocycles. The lowest BCUT2D eigenvalue weighted by atomic mass is 9.55. The molecule has 0 spiro atoms. The molecule has 0 aliphatic heterocycles. The number of hydrogen-bond acceptors (Lipinski definition) is 5. The summed E-state index contributed by atoms with van der Waals surface area (Å²) in [5.41, 5.74) is 2.70. The minimum absolute atomic E-state index is 0.0235. The van der Waals surface area contributed by atoms with Gasteiger partial charge in [0, 0.05) is 22.5 Å². The van der Waals surface area contributed by atoms with Gasteiger partial charge >= 0.3 is 0 Å². The molecule has 1 fully saturated rings. The van der Waals surface area contributed by atoms with E-state index in [2.05, 4.69) is 11.9 Å². The van der Waals surface area contributed by atoms with Crippen molar-refractivity contribution in [1.82, 2.24) is 9.97 Å². The number of methoxy groups -OCH3 is 2. The van der Waals surface area contributed by atoms with Crippen molar-refractivity contribution < 1.29 is 14.3 Å². The van der Waals surface area contributed by atoms with Crippen molar-refractivity contribution >= 4 is 5.78 Å². The van der Waals surface area contributed by atoms with Crippen molar-refractivity contribution in [3.05, 3.63) is 28.9 Å². The van der Waals surface area contributed by atoms with Crippen LogP contribution in [0.1, 0.15) is 43.8 Å².